The Balaban J connectivity index is 2.96. The summed E-state index contributed by atoms with van der Waals surface area (Å²) in [7, 11) is 7.95. The van der Waals surface area contributed by atoms with Crippen LogP contribution in [0.15, 0.2) is 11.0 Å². The Morgan fingerprint density at radius 3 is 2.83 bits per heavy atom. The second kappa shape index (κ2) is 3.87. The van der Waals surface area contributed by atoms with E-state index in [1.165, 1.54) is 7.11 Å². The molecule has 1 aromatic heterocycles. The van der Waals surface area contributed by atoms with Crippen LogP contribution in [-0.2, 0) is 4.74 Å². The van der Waals surface area contributed by atoms with Gasteiger partial charge in [-0.2, -0.15) is 0 Å². The van der Waals surface area contributed by atoms with E-state index in [2.05, 4.69) is 9.72 Å². The summed E-state index contributed by atoms with van der Waals surface area (Å²) >= 11 is 0. The maximum absolute atomic E-state index is 11.0. The van der Waals surface area contributed by atoms with Gasteiger partial charge in [0.25, 0.3) is 0 Å². The lowest BCUT2D eigenvalue weighted by Crippen LogP contribution is -2.00. The highest BCUT2D eigenvalue weighted by molar-refractivity contribution is 8.21. The zero-order valence-corrected chi connectivity index (χ0v) is 8.25. The van der Waals surface area contributed by atoms with E-state index in [1.807, 2.05) is 6.92 Å². The average Bonchev–Trinajstić information content (AvgIpc) is 2.45. The largest absolute Gasteiger partial charge is 0.464 e. The van der Waals surface area contributed by atoms with E-state index in [0.717, 1.165) is 21.6 Å². The Hall–Kier alpha value is -0.610. The van der Waals surface area contributed by atoms with Crippen molar-refractivity contribution in [1.29, 1.82) is 0 Å². The number of esters is 1. The van der Waals surface area contributed by atoms with Gasteiger partial charge < -0.3 is 9.72 Å². The van der Waals surface area contributed by atoms with Crippen molar-refractivity contribution in [3.05, 3.63) is 17.5 Å². The predicted molar refractivity (Wildman–Crippen MR) is 48.6 cm³/mol. The summed E-state index contributed by atoms with van der Waals surface area (Å²) in [5.74, 6) is -0.380. The minimum Gasteiger partial charge on any atom is -0.464 e. The number of ether oxygens (including phenoxy) is 1. The summed E-state index contributed by atoms with van der Waals surface area (Å²) in [5.41, 5.74) is 1.30. The Bertz CT molecular complexity index is 298. The van der Waals surface area contributed by atoms with E-state index in [0.29, 0.717) is 5.69 Å². The highest BCUT2D eigenvalue weighted by Gasteiger charge is 2.10. The van der Waals surface area contributed by atoms with Gasteiger partial charge >= 0.3 is 5.97 Å². The van der Waals surface area contributed by atoms with Crippen LogP contribution in [0.3, 0.4) is 0 Å². The predicted octanol–water partition coefficient (Wildman–Crippen LogP) is 2.36. The molecule has 12 heavy (non-hydrogen) atoms. The van der Waals surface area contributed by atoms with E-state index in [-0.39, 0.29) is 5.97 Å². The van der Waals surface area contributed by atoms with Crippen LogP contribution in [0.25, 0.3) is 0 Å². The van der Waals surface area contributed by atoms with E-state index < -0.39 is 0 Å². The number of nitrogens with one attached hydrogen (secondary N) is 1. The molecule has 3 nitrogen and oxygen atoms in total. The number of aromatic amines is 1. The first-order valence-electron chi connectivity index (χ1n) is 3.25. The van der Waals surface area contributed by atoms with Crippen molar-refractivity contribution in [2.45, 2.75) is 11.8 Å². The van der Waals surface area contributed by atoms with Crippen molar-refractivity contribution in [3.63, 3.8) is 0 Å². The average molecular weight is 206 g/mol. The Morgan fingerprint density at radius 2 is 2.42 bits per heavy atom. The molecule has 1 rings (SSSR count). The first-order valence-corrected chi connectivity index (χ1v) is 4.89. The van der Waals surface area contributed by atoms with Gasteiger partial charge in [0.05, 0.1) is 7.11 Å². The molecule has 0 spiro atoms. The second-order valence-corrected chi connectivity index (χ2v) is 3.30. The van der Waals surface area contributed by atoms with Gasteiger partial charge in [0.1, 0.15) is 5.69 Å². The molecule has 0 amide bonds. The van der Waals surface area contributed by atoms with Crippen LogP contribution in [0.1, 0.15) is 16.2 Å². The Kier molecular flexibility index (Phi) is 3.05. The molecule has 66 valence electrons. The Labute approximate surface area is 78.9 Å². The molecule has 1 N–H and O–H groups in total. The first-order chi connectivity index (χ1) is 5.69. The third-order valence-electron chi connectivity index (χ3n) is 1.46. The summed E-state index contributed by atoms with van der Waals surface area (Å²) in [5, 5.41) is 0. The molecular weight excluding hydrogens is 198 g/mol. The maximum atomic E-state index is 11.0. The van der Waals surface area contributed by atoms with Crippen LogP contribution in [0.5, 0.6) is 0 Å². The van der Waals surface area contributed by atoms with Gasteiger partial charge in [-0.25, -0.2) is 4.79 Å². The Morgan fingerprint density at radius 1 is 1.75 bits per heavy atom. The van der Waals surface area contributed by atoms with E-state index in [4.69, 9.17) is 10.7 Å². The molecule has 0 saturated heterocycles. The van der Waals surface area contributed by atoms with Gasteiger partial charge in [-0.3, -0.25) is 0 Å². The van der Waals surface area contributed by atoms with Crippen LogP contribution in [0.2, 0.25) is 0 Å². The molecule has 0 atom stereocenters. The van der Waals surface area contributed by atoms with Crippen molar-refractivity contribution in [1.82, 2.24) is 4.98 Å². The lowest BCUT2D eigenvalue weighted by molar-refractivity contribution is 0.0594. The fourth-order valence-electron chi connectivity index (χ4n) is 0.839. The summed E-state index contributed by atoms with van der Waals surface area (Å²) in [6, 6.07) is 1.67. The van der Waals surface area contributed by atoms with Gasteiger partial charge in [-0.15, -0.1) is 0 Å². The molecule has 0 aliphatic carbocycles. The highest BCUT2D eigenvalue weighted by Crippen LogP contribution is 2.26. The lowest BCUT2D eigenvalue weighted by atomic mass is 10.4. The number of hydrogen-bond donors (Lipinski definition) is 1. The molecular formula is C7H8ClNO2S. The molecule has 0 aliphatic rings. The quantitative estimate of drug-likeness (QED) is 0.754. The first kappa shape index (κ1) is 9.48. The van der Waals surface area contributed by atoms with Crippen molar-refractivity contribution in [2.75, 3.05) is 7.11 Å². The van der Waals surface area contributed by atoms with E-state index in [1.54, 1.807) is 6.07 Å². The molecule has 0 radical (unpaired) electrons. The molecule has 0 aromatic carbocycles. The fraction of sp³-hybridized carbons (Fsp3) is 0.286. The number of carbonyl (C=O) groups is 1. The number of rotatable bonds is 2. The van der Waals surface area contributed by atoms with Crippen LogP contribution >= 0.6 is 21.7 Å². The van der Waals surface area contributed by atoms with Crippen molar-refractivity contribution in [2.24, 2.45) is 0 Å². The topological polar surface area (TPSA) is 42.1 Å². The molecule has 0 aliphatic heterocycles. The molecule has 0 fully saturated rings. The number of H-pyrrole nitrogens is 1. The number of carbonyl (C=O) groups excluding carboxylic acids is 1. The summed E-state index contributed by atoms with van der Waals surface area (Å²) in [6.45, 7) is 1.84. The van der Waals surface area contributed by atoms with Crippen molar-refractivity contribution < 1.29 is 9.53 Å². The SMILES string of the molecule is COC(=O)c1cc(SCl)c(C)[nH]1. The number of hydrogen-bond acceptors (Lipinski definition) is 3. The number of aromatic nitrogens is 1. The molecule has 0 bridgehead atoms. The second-order valence-electron chi connectivity index (χ2n) is 2.24. The van der Waals surface area contributed by atoms with Gasteiger partial charge in [0.2, 0.25) is 0 Å². The minimum atomic E-state index is -0.380. The third kappa shape index (κ3) is 1.76. The number of aryl methyl sites for hydroxylation is 1. The highest BCUT2D eigenvalue weighted by atomic mass is 35.7. The third-order valence-corrected chi connectivity index (χ3v) is 2.54. The van der Waals surface area contributed by atoms with Gasteiger partial charge in [-0.05, 0) is 34.6 Å². The van der Waals surface area contributed by atoms with Crippen LogP contribution in [0, 0.1) is 6.92 Å². The van der Waals surface area contributed by atoms with Gasteiger partial charge in [0, 0.05) is 10.6 Å². The number of halogens is 1. The van der Waals surface area contributed by atoms with Crippen LogP contribution < -0.4 is 0 Å². The molecule has 1 heterocycles. The zero-order chi connectivity index (χ0) is 9.14. The maximum Gasteiger partial charge on any atom is 0.354 e. The monoisotopic (exact) mass is 205 g/mol. The molecule has 0 unspecified atom stereocenters. The molecule has 1 aromatic rings. The van der Waals surface area contributed by atoms with Crippen molar-refractivity contribution in [3.8, 4) is 0 Å². The van der Waals surface area contributed by atoms with Gasteiger partial charge in [0.15, 0.2) is 0 Å². The summed E-state index contributed by atoms with van der Waals surface area (Å²) in [6.07, 6.45) is 0. The molecule has 5 heteroatoms. The summed E-state index contributed by atoms with van der Waals surface area (Å²) < 4.78 is 4.53. The zero-order valence-electron chi connectivity index (χ0n) is 6.68. The lowest BCUT2D eigenvalue weighted by Gasteiger charge is -1.92. The van der Waals surface area contributed by atoms with Crippen LogP contribution in [-0.4, -0.2) is 18.1 Å². The smallest absolute Gasteiger partial charge is 0.354 e. The standard InChI is InChI=1S/C7H8ClNO2S/c1-4-6(12-8)3-5(9-4)7(10)11-2/h3,9H,1-2H3. The van der Waals surface area contributed by atoms with E-state index in [9.17, 15) is 4.79 Å². The minimum absolute atomic E-state index is 0.380. The number of methoxy groups -OCH3 is 1. The van der Waals surface area contributed by atoms with E-state index >= 15 is 0 Å². The van der Waals surface area contributed by atoms with Crippen LogP contribution in [0.4, 0.5) is 0 Å². The normalized spacial score (nSPS) is 9.92. The summed E-state index contributed by atoms with van der Waals surface area (Å²) in [4.78, 5) is 14.7. The van der Waals surface area contributed by atoms with Crippen molar-refractivity contribution >= 4 is 27.6 Å². The fourth-order valence-corrected chi connectivity index (χ4v) is 1.65. The van der Waals surface area contributed by atoms with Gasteiger partial charge in [-0.1, -0.05) is 0 Å². The molecule has 0 saturated carbocycles.